The van der Waals surface area contributed by atoms with Gasteiger partial charge >= 0.3 is 0 Å². The molecule has 0 bridgehead atoms. The molecule has 0 aromatic carbocycles. The van der Waals surface area contributed by atoms with E-state index in [0.717, 1.165) is 18.7 Å². The van der Waals surface area contributed by atoms with Crippen LogP contribution >= 0.6 is 22.6 Å². The summed E-state index contributed by atoms with van der Waals surface area (Å²) in [6.07, 6.45) is 3.48. The molecule has 0 aliphatic heterocycles. The Hall–Kier alpha value is -0.390. The fourth-order valence-electron chi connectivity index (χ4n) is 1.04. The first-order valence-corrected chi connectivity index (χ1v) is 5.70. The van der Waals surface area contributed by atoms with E-state index < -0.39 is 0 Å². The number of hydrogen-bond donors (Lipinski definition) is 1. The van der Waals surface area contributed by atoms with Crippen molar-refractivity contribution in [2.45, 2.75) is 33.6 Å². The van der Waals surface area contributed by atoms with Crippen LogP contribution in [0.5, 0.6) is 0 Å². The van der Waals surface area contributed by atoms with Crippen molar-refractivity contribution in [3.63, 3.8) is 0 Å². The maximum atomic E-state index is 11.3. The highest BCUT2D eigenvalue weighted by Crippen LogP contribution is 2.19. The van der Waals surface area contributed by atoms with Gasteiger partial charge in [0.1, 0.15) is 5.82 Å². The molecule has 0 saturated carbocycles. The van der Waals surface area contributed by atoms with Gasteiger partial charge in [0.2, 0.25) is 0 Å². The van der Waals surface area contributed by atoms with Crippen LogP contribution in [-0.2, 0) is 6.42 Å². The third kappa shape index (κ3) is 3.77. The Kier molecular flexibility index (Phi) is 3.69. The standard InChI is InChI=1S/C10H15IN2O/c1-10(2,3)5-4-8-12-6-7(11)9(14)13-8/h6H,4-5H2,1-3H3,(H,12,13,14). The molecule has 0 fully saturated rings. The minimum absolute atomic E-state index is 0.0375. The van der Waals surface area contributed by atoms with Crippen molar-refractivity contribution in [3.8, 4) is 0 Å². The molecule has 3 nitrogen and oxygen atoms in total. The third-order valence-electron chi connectivity index (χ3n) is 1.92. The highest BCUT2D eigenvalue weighted by atomic mass is 127. The minimum Gasteiger partial charge on any atom is -0.310 e. The zero-order valence-electron chi connectivity index (χ0n) is 8.72. The van der Waals surface area contributed by atoms with Gasteiger partial charge in [-0.2, -0.15) is 0 Å². The number of nitrogens with zero attached hydrogens (tertiary/aromatic N) is 1. The molecule has 1 aromatic heterocycles. The summed E-state index contributed by atoms with van der Waals surface area (Å²) in [5.74, 6) is 0.783. The average molecular weight is 306 g/mol. The summed E-state index contributed by atoms with van der Waals surface area (Å²) in [6, 6.07) is 0. The fraction of sp³-hybridized carbons (Fsp3) is 0.600. The van der Waals surface area contributed by atoms with Crippen molar-refractivity contribution < 1.29 is 0 Å². The SMILES string of the molecule is CC(C)(C)CCc1ncc(I)c(=O)[nH]1. The monoisotopic (exact) mass is 306 g/mol. The van der Waals surface area contributed by atoms with Crippen molar-refractivity contribution in [3.05, 3.63) is 25.9 Å². The summed E-state index contributed by atoms with van der Waals surface area (Å²) in [5, 5.41) is 0. The molecule has 0 radical (unpaired) electrons. The van der Waals surface area contributed by atoms with Gasteiger partial charge in [0.25, 0.3) is 5.56 Å². The normalized spacial score (nSPS) is 11.7. The lowest BCUT2D eigenvalue weighted by atomic mass is 9.90. The van der Waals surface area contributed by atoms with E-state index in [1.54, 1.807) is 6.20 Å². The first kappa shape index (κ1) is 11.7. The Morgan fingerprint density at radius 2 is 2.14 bits per heavy atom. The molecule has 1 heterocycles. The van der Waals surface area contributed by atoms with Gasteiger partial charge in [-0.25, -0.2) is 4.98 Å². The molecule has 0 saturated heterocycles. The summed E-state index contributed by atoms with van der Waals surface area (Å²) in [6.45, 7) is 6.54. The molecule has 1 aromatic rings. The Morgan fingerprint density at radius 3 is 2.64 bits per heavy atom. The van der Waals surface area contributed by atoms with Crippen molar-refractivity contribution in [1.29, 1.82) is 0 Å². The first-order valence-electron chi connectivity index (χ1n) is 4.62. The van der Waals surface area contributed by atoms with E-state index in [9.17, 15) is 4.79 Å². The lowest BCUT2D eigenvalue weighted by Gasteiger charge is -2.16. The van der Waals surface area contributed by atoms with Gasteiger partial charge in [-0.1, -0.05) is 20.8 Å². The number of hydrogen-bond acceptors (Lipinski definition) is 2. The van der Waals surface area contributed by atoms with Gasteiger partial charge in [0.05, 0.1) is 3.57 Å². The van der Waals surface area contributed by atoms with Crippen LogP contribution in [0.3, 0.4) is 0 Å². The van der Waals surface area contributed by atoms with Crippen LogP contribution in [0.4, 0.5) is 0 Å². The number of aryl methyl sites for hydroxylation is 1. The number of H-pyrrole nitrogens is 1. The van der Waals surface area contributed by atoms with Crippen LogP contribution in [-0.4, -0.2) is 9.97 Å². The Morgan fingerprint density at radius 1 is 1.50 bits per heavy atom. The van der Waals surface area contributed by atoms with Gasteiger partial charge in [0.15, 0.2) is 0 Å². The summed E-state index contributed by atoms with van der Waals surface area (Å²) in [7, 11) is 0. The smallest absolute Gasteiger partial charge is 0.264 e. The predicted molar refractivity (Wildman–Crippen MR) is 65.4 cm³/mol. The molecule has 0 aliphatic carbocycles. The highest BCUT2D eigenvalue weighted by molar-refractivity contribution is 14.1. The van der Waals surface area contributed by atoms with Gasteiger partial charge in [0, 0.05) is 12.6 Å². The number of halogens is 1. The zero-order valence-corrected chi connectivity index (χ0v) is 10.9. The minimum atomic E-state index is -0.0375. The van der Waals surface area contributed by atoms with E-state index >= 15 is 0 Å². The summed E-state index contributed by atoms with van der Waals surface area (Å²) in [5.41, 5.74) is 0.242. The Bertz CT molecular complexity index is 365. The maximum Gasteiger partial charge on any atom is 0.264 e. The van der Waals surface area contributed by atoms with Crippen LogP contribution in [0, 0.1) is 8.99 Å². The molecule has 0 amide bonds. The van der Waals surface area contributed by atoms with Crippen LogP contribution in [0.15, 0.2) is 11.0 Å². The molecule has 4 heteroatoms. The molecule has 0 spiro atoms. The predicted octanol–water partition coefficient (Wildman–Crippen LogP) is 2.35. The molecule has 0 unspecified atom stereocenters. The second-order valence-electron chi connectivity index (χ2n) is 4.57. The van der Waals surface area contributed by atoms with E-state index in [4.69, 9.17) is 0 Å². The molecule has 0 atom stereocenters. The van der Waals surface area contributed by atoms with Gasteiger partial charge in [-0.05, 0) is 34.4 Å². The largest absolute Gasteiger partial charge is 0.310 e. The summed E-state index contributed by atoms with van der Waals surface area (Å²) < 4.78 is 0.641. The molecular formula is C10H15IN2O. The maximum absolute atomic E-state index is 11.3. The number of aromatic nitrogens is 2. The topological polar surface area (TPSA) is 45.8 Å². The Balaban J connectivity index is 2.70. The summed E-state index contributed by atoms with van der Waals surface area (Å²) in [4.78, 5) is 18.2. The quantitative estimate of drug-likeness (QED) is 0.853. The van der Waals surface area contributed by atoms with Gasteiger partial charge < -0.3 is 4.98 Å². The molecular weight excluding hydrogens is 291 g/mol. The zero-order chi connectivity index (χ0) is 10.8. The Labute approximate surface area is 97.5 Å². The number of aromatic amines is 1. The number of nitrogens with one attached hydrogen (secondary N) is 1. The third-order valence-corrected chi connectivity index (χ3v) is 2.69. The second kappa shape index (κ2) is 4.42. The van der Waals surface area contributed by atoms with Crippen LogP contribution < -0.4 is 5.56 Å². The van der Waals surface area contributed by atoms with Gasteiger partial charge in [-0.3, -0.25) is 4.79 Å². The summed E-state index contributed by atoms with van der Waals surface area (Å²) >= 11 is 1.98. The molecule has 1 N–H and O–H groups in total. The van der Waals surface area contributed by atoms with Crippen LogP contribution in [0.1, 0.15) is 33.0 Å². The van der Waals surface area contributed by atoms with E-state index in [1.807, 2.05) is 22.6 Å². The van der Waals surface area contributed by atoms with Crippen molar-refractivity contribution in [1.82, 2.24) is 9.97 Å². The van der Waals surface area contributed by atoms with Gasteiger partial charge in [-0.15, -0.1) is 0 Å². The van der Waals surface area contributed by atoms with Crippen molar-refractivity contribution in [2.24, 2.45) is 5.41 Å². The van der Waals surface area contributed by atoms with Crippen molar-refractivity contribution in [2.75, 3.05) is 0 Å². The van der Waals surface area contributed by atoms with E-state index in [2.05, 4.69) is 30.7 Å². The van der Waals surface area contributed by atoms with E-state index in [-0.39, 0.29) is 11.0 Å². The number of rotatable bonds is 2. The molecule has 1 rings (SSSR count). The fourth-order valence-corrected chi connectivity index (χ4v) is 1.31. The molecule has 14 heavy (non-hydrogen) atoms. The van der Waals surface area contributed by atoms with Crippen molar-refractivity contribution >= 4 is 22.6 Å². The first-order chi connectivity index (χ1) is 6.38. The molecule has 0 aliphatic rings. The lowest BCUT2D eigenvalue weighted by Crippen LogP contribution is -2.15. The molecule has 78 valence electrons. The van der Waals surface area contributed by atoms with E-state index in [0.29, 0.717) is 3.57 Å². The highest BCUT2D eigenvalue weighted by Gasteiger charge is 2.11. The van der Waals surface area contributed by atoms with Crippen LogP contribution in [0.25, 0.3) is 0 Å². The van der Waals surface area contributed by atoms with E-state index in [1.165, 1.54) is 0 Å². The second-order valence-corrected chi connectivity index (χ2v) is 5.73. The average Bonchev–Trinajstić information content (AvgIpc) is 2.06. The van der Waals surface area contributed by atoms with Crippen LogP contribution in [0.2, 0.25) is 0 Å². The lowest BCUT2D eigenvalue weighted by molar-refractivity contribution is 0.374.